The fourth-order valence-electron chi connectivity index (χ4n) is 4.09. The summed E-state index contributed by atoms with van der Waals surface area (Å²) in [6.07, 6.45) is 0. The standard InChI is InChI=1S/C25H17FNO.Ir/c26-17-19-11-8-16-24(27-19)25(18-9-2-1-3-10-18)20-12-4-6-14-22(20)28-23-15-7-5-13-21(23)25;/h1-9,11-16H,17H2;/q-1;. The summed E-state index contributed by atoms with van der Waals surface area (Å²) in [7, 11) is 0. The van der Waals surface area contributed by atoms with E-state index in [2.05, 4.69) is 18.2 Å². The third-order valence-corrected chi connectivity index (χ3v) is 5.24. The molecule has 5 rings (SSSR count). The van der Waals surface area contributed by atoms with Crippen molar-refractivity contribution in [2.24, 2.45) is 0 Å². The summed E-state index contributed by atoms with van der Waals surface area (Å²) in [5, 5.41) is 0. The van der Waals surface area contributed by atoms with Crippen LogP contribution in [-0.4, -0.2) is 4.98 Å². The van der Waals surface area contributed by atoms with Gasteiger partial charge in [0.2, 0.25) is 0 Å². The number of pyridine rings is 1. The average molecular weight is 559 g/mol. The van der Waals surface area contributed by atoms with E-state index in [1.807, 2.05) is 72.8 Å². The summed E-state index contributed by atoms with van der Waals surface area (Å²) < 4.78 is 19.7. The molecular weight excluding hydrogens is 541 g/mol. The Balaban J connectivity index is 0.00000205. The number of benzene rings is 3. The van der Waals surface area contributed by atoms with E-state index >= 15 is 0 Å². The molecule has 0 bridgehead atoms. The number of aromatic nitrogens is 1. The molecule has 3 aromatic carbocycles. The second kappa shape index (κ2) is 7.90. The molecule has 0 aliphatic carbocycles. The smallest absolute Gasteiger partial charge is 0.132 e. The van der Waals surface area contributed by atoms with Crippen molar-refractivity contribution in [1.29, 1.82) is 0 Å². The molecular formula is C25H17FIrNO-. The number of para-hydroxylation sites is 2. The van der Waals surface area contributed by atoms with Gasteiger partial charge in [-0.3, -0.25) is 4.98 Å². The quantitative estimate of drug-likeness (QED) is 0.260. The number of rotatable bonds is 3. The van der Waals surface area contributed by atoms with Gasteiger partial charge >= 0.3 is 0 Å². The SMILES string of the molecule is FCc1cccc(C2(c3[c-]cccc3)c3ccccc3Oc3ccccc32)n1.[Ir]. The van der Waals surface area contributed by atoms with Gasteiger partial charge in [-0.1, -0.05) is 42.5 Å². The Morgan fingerprint density at radius 3 is 2.07 bits per heavy atom. The predicted molar refractivity (Wildman–Crippen MR) is 106 cm³/mol. The van der Waals surface area contributed by atoms with Gasteiger partial charge in [0.15, 0.2) is 0 Å². The minimum Gasteiger partial charge on any atom is -0.457 e. The molecule has 1 aromatic heterocycles. The summed E-state index contributed by atoms with van der Waals surface area (Å²) in [6.45, 7) is -0.609. The number of hydrogen-bond acceptors (Lipinski definition) is 2. The zero-order valence-electron chi connectivity index (χ0n) is 15.4. The predicted octanol–water partition coefficient (Wildman–Crippen LogP) is 5.84. The first-order chi connectivity index (χ1) is 13.8. The molecule has 4 heteroatoms. The molecule has 0 saturated carbocycles. The topological polar surface area (TPSA) is 22.1 Å². The van der Waals surface area contributed by atoms with Gasteiger partial charge in [-0.05, 0) is 24.3 Å². The van der Waals surface area contributed by atoms with Crippen molar-refractivity contribution >= 4 is 0 Å². The number of fused-ring (bicyclic) bond motifs is 2. The largest absolute Gasteiger partial charge is 0.457 e. The van der Waals surface area contributed by atoms with Crippen LogP contribution in [0.25, 0.3) is 0 Å². The maximum atomic E-state index is 13.5. The summed E-state index contributed by atoms with van der Waals surface area (Å²) in [4.78, 5) is 4.71. The van der Waals surface area contributed by atoms with E-state index in [-0.39, 0.29) is 20.1 Å². The van der Waals surface area contributed by atoms with Crippen LogP contribution in [0.1, 0.15) is 28.1 Å². The molecule has 0 N–H and O–H groups in total. The molecule has 1 aliphatic heterocycles. The number of ether oxygens (including phenoxy) is 1. The van der Waals surface area contributed by atoms with Crippen molar-refractivity contribution in [3.8, 4) is 11.5 Å². The van der Waals surface area contributed by atoms with Crippen LogP contribution in [-0.2, 0) is 32.2 Å². The molecule has 0 spiro atoms. The van der Waals surface area contributed by atoms with Crippen LogP contribution in [0.3, 0.4) is 0 Å². The Labute approximate surface area is 182 Å². The van der Waals surface area contributed by atoms with Gasteiger partial charge in [-0.15, -0.1) is 5.56 Å². The second-order valence-corrected chi connectivity index (χ2v) is 6.77. The van der Waals surface area contributed by atoms with Crippen LogP contribution < -0.4 is 4.74 Å². The molecule has 2 nitrogen and oxygen atoms in total. The van der Waals surface area contributed by atoms with Gasteiger partial charge < -0.3 is 4.74 Å². The van der Waals surface area contributed by atoms with Crippen LogP contribution in [0.5, 0.6) is 11.5 Å². The van der Waals surface area contributed by atoms with Crippen LogP contribution in [0, 0.1) is 6.07 Å². The second-order valence-electron chi connectivity index (χ2n) is 6.77. The van der Waals surface area contributed by atoms with Crippen molar-refractivity contribution in [3.63, 3.8) is 0 Å². The molecule has 2 heterocycles. The first-order valence-electron chi connectivity index (χ1n) is 9.20. The van der Waals surface area contributed by atoms with Crippen LogP contribution in [0.2, 0.25) is 0 Å². The maximum Gasteiger partial charge on any atom is 0.132 e. The van der Waals surface area contributed by atoms with Gasteiger partial charge in [0.05, 0.1) is 16.8 Å². The van der Waals surface area contributed by atoms with Crippen molar-refractivity contribution in [3.05, 3.63) is 125 Å². The average Bonchev–Trinajstić information content (AvgIpc) is 2.78. The van der Waals surface area contributed by atoms with Gasteiger partial charge in [-0.2, -0.15) is 30.3 Å². The van der Waals surface area contributed by atoms with Crippen molar-refractivity contribution in [2.45, 2.75) is 12.1 Å². The summed E-state index contributed by atoms with van der Waals surface area (Å²) in [5.41, 5.74) is 3.32. The number of nitrogens with zero attached hydrogens (tertiary/aromatic N) is 1. The molecule has 1 radical (unpaired) electrons. The summed E-state index contributed by atoms with van der Waals surface area (Å²) in [5.74, 6) is 1.54. The molecule has 0 saturated heterocycles. The van der Waals surface area contributed by atoms with Gasteiger partial charge in [-0.25, -0.2) is 4.39 Å². The van der Waals surface area contributed by atoms with E-state index in [9.17, 15) is 4.39 Å². The minimum absolute atomic E-state index is 0. The fourth-order valence-corrected chi connectivity index (χ4v) is 4.09. The molecule has 0 fully saturated rings. The monoisotopic (exact) mass is 559 g/mol. The maximum absolute atomic E-state index is 13.5. The third kappa shape index (κ3) is 3.00. The van der Waals surface area contributed by atoms with E-state index in [0.717, 1.165) is 33.9 Å². The first kappa shape index (κ1) is 19.5. The minimum atomic E-state index is -0.738. The number of halogens is 1. The Hall–Kier alpha value is -2.81. The first-order valence-corrected chi connectivity index (χ1v) is 9.20. The van der Waals surface area contributed by atoms with Gasteiger partial charge in [0.25, 0.3) is 0 Å². The number of alkyl halides is 1. The van der Waals surface area contributed by atoms with Crippen LogP contribution in [0.4, 0.5) is 4.39 Å². The van der Waals surface area contributed by atoms with Crippen LogP contribution in [0.15, 0.2) is 91.0 Å². The summed E-state index contributed by atoms with van der Waals surface area (Å²) in [6, 6.07) is 32.7. The van der Waals surface area contributed by atoms with E-state index < -0.39 is 12.1 Å². The zero-order valence-corrected chi connectivity index (χ0v) is 17.8. The van der Waals surface area contributed by atoms with Crippen molar-refractivity contribution in [2.75, 3.05) is 0 Å². The van der Waals surface area contributed by atoms with Crippen LogP contribution >= 0.6 is 0 Å². The third-order valence-electron chi connectivity index (χ3n) is 5.24. The van der Waals surface area contributed by atoms with E-state index in [1.54, 1.807) is 6.07 Å². The molecule has 0 amide bonds. The molecule has 1 aliphatic rings. The zero-order chi connectivity index (χ0) is 19.0. The number of hydrogen-bond donors (Lipinski definition) is 0. The Morgan fingerprint density at radius 1 is 0.793 bits per heavy atom. The molecule has 0 unspecified atom stereocenters. The normalized spacial score (nSPS) is 13.4. The van der Waals surface area contributed by atoms with E-state index in [0.29, 0.717) is 5.69 Å². The van der Waals surface area contributed by atoms with E-state index in [1.165, 1.54) is 0 Å². The Morgan fingerprint density at radius 2 is 1.45 bits per heavy atom. The fraction of sp³-hybridized carbons (Fsp3) is 0.0800. The summed E-state index contributed by atoms with van der Waals surface area (Å²) >= 11 is 0. The molecule has 4 aromatic rings. The van der Waals surface area contributed by atoms with Crippen molar-refractivity contribution in [1.82, 2.24) is 4.98 Å². The molecule has 145 valence electrons. The van der Waals surface area contributed by atoms with Crippen molar-refractivity contribution < 1.29 is 29.2 Å². The van der Waals surface area contributed by atoms with E-state index in [4.69, 9.17) is 9.72 Å². The Kier molecular flexibility index (Phi) is 5.31. The van der Waals surface area contributed by atoms with Gasteiger partial charge in [0, 0.05) is 31.2 Å². The Bertz CT molecular complexity index is 1100. The molecule has 0 atom stereocenters. The molecule has 29 heavy (non-hydrogen) atoms. The van der Waals surface area contributed by atoms with Gasteiger partial charge in [0.1, 0.15) is 18.2 Å².